The lowest BCUT2D eigenvalue weighted by atomic mass is 9.44. The summed E-state index contributed by atoms with van der Waals surface area (Å²) in [5.41, 5.74) is 0.574. The molecular formula is C33H37ClO7. The third-order valence-electron chi connectivity index (χ3n) is 11.8. The highest BCUT2D eigenvalue weighted by atomic mass is 35.5. The van der Waals surface area contributed by atoms with Gasteiger partial charge >= 0.3 is 17.6 Å². The van der Waals surface area contributed by atoms with Crippen LogP contribution in [0.3, 0.4) is 0 Å². The van der Waals surface area contributed by atoms with Crippen LogP contribution in [-0.2, 0) is 19.0 Å². The monoisotopic (exact) mass is 580 g/mol. The Labute approximate surface area is 244 Å². The molecule has 41 heavy (non-hydrogen) atoms. The lowest BCUT2D eigenvalue weighted by Crippen LogP contribution is -2.58. The first-order chi connectivity index (χ1) is 19.6. The van der Waals surface area contributed by atoms with Crippen molar-refractivity contribution in [1.82, 2.24) is 0 Å². The number of benzene rings is 1. The fraction of sp³-hybridized carbons (Fsp3) is 0.606. The van der Waals surface area contributed by atoms with Crippen LogP contribution >= 0.6 is 11.6 Å². The summed E-state index contributed by atoms with van der Waals surface area (Å²) in [4.78, 5) is 36.8. The zero-order chi connectivity index (χ0) is 28.7. The van der Waals surface area contributed by atoms with Crippen LogP contribution in [0.5, 0.6) is 0 Å². The van der Waals surface area contributed by atoms with Gasteiger partial charge in [0, 0.05) is 29.3 Å². The number of hydrogen-bond acceptors (Lipinski definition) is 7. The summed E-state index contributed by atoms with van der Waals surface area (Å²) in [6.07, 6.45) is 7.77. The van der Waals surface area contributed by atoms with Crippen LogP contribution in [0.2, 0.25) is 5.02 Å². The van der Waals surface area contributed by atoms with Crippen LogP contribution in [-0.4, -0.2) is 35.9 Å². The van der Waals surface area contributed by atoms with E-state index in [-0.39, 0.29) is 52.1 Å². The Hall–Kier alpha value is -2.64. The minimum atomic E-state index is -0.405. The lowest BCUT2D eigenvalue weighted by molar-refractivity contribution is -0.158. The second-order valence-corrected chi connectivity index (χ2v) is 14.0. The molecule has 0 bridgehead atoms. The minimum absolute atomic E-state index is 0.0818. The summed E-state index contributed by atoms with van der Waals surface area (Å²) < 4.78 is 24.0. The first-order valence-corrected chi connectivity index (χ1v) is 15.3. The second-order valence-electron chi connectivity index (χ2n) is 13.5. The fourth-order valence-corrected chi connectivity index (χ4v) is 10.1. The molecule has 4 saturated carbocycles. The minimum Gasteiger partial charge on any atom is -0.459 e. The molecule has 1 spiro atoms. The van der Waals surface area contributed by atoms with Gasteiger partial charge in [0.15, 0.2) is 0 Å². The SMILES string of the molecule is CC(=O)O[C@H]1[C@H]2O[C@]23[C@@H]2CC[C@@H]4C[C@@H](OC(=O)c5ccc(Cl)cc5)CC[C@]4(C)[C@H]2CC[C@]3(C)[C@H]1c1ccc(=O)oc1. The highest BCUT2D eigenvalue weighted by Crippen LogP contribution is 2.78. The van der Waals surface area contributed by atoms with Crippen molar-refractivity contribution >= 4 is 23.5 Å². The summed E-state index contributed by atoms with van der Waals surface area (Å²) in [5.74, 6) is 0.629. The molecule has 1 aromatic carbocycles. The Balaban J connectivity index is 1.13. The number of fused-ring (bicyclic) bond motifs is 3. The average molecular weight is 581 g/mol. The zero-order valence-corrected chi connectivity index (χ0v) is 24.5. The summed E-state index contributed by atoms with van der Waals surface area (Å²) in [6, 6.07) is 10.1. The number of carbonyl (C=O) groups is 2. The van der Waals surface area contributed by atoms with Crippen LogP contribution in [0.4, 0.5) is 0 Å². The van der Waals surface area contributed by atoms with Gasteiger partial charge in [-0.05, 0) is 104 Å². The van der Waals surface area contributed by atoms with Gasteiger partial charge < -0.3 is 18.6 Å². The predicted molar refractivity (Wildman–Crippen MR) is 151 cm³/mol. The van der Waals surface area contributed by atoms with Crippen LogP contribution in [0.15, 0.2) is 51.9 Å². The van der Waals surface area contributed by atoms with Crippen molar-refractivity contribution in [1.29, 1.82) is 0 Å². The van der Waals surface area contributed by atoms with E-state index in [1.807, 2.05) is 6.07 Å². The third kappa shape index (κ3) is 3.98. The van der Waals surface area contributed by atoms with Gasteiger partial charge in [0.25, 0.3) is 0 Å². The number of esters is 2. The van der Waals surface area contributed by atoms with Gasteiger partial charge in [-0.2, -0.15) is 0 Å². The molecule has 10 atom stereocenters. The maximum Gasteiger partial charge on any atom is 0.338 e. The Morgan fingerprint density at radius 2 is 1.73 bits per heavy atom. The van der Waals surface area contributed by atoms with Gasteiger partial charge in [-0.25, -0.2) is 9.59 Å². The largest absolute Gasteiger partial charge is 0.459 e. The molecule has 7 nitrogen and oxygen atoms in total. The number of epoxide rings is 1. The van der Waals surface area contributed by atoms with Crippen molar-refractivity contribution in [3.63, 3.8) is 0 Å². The maximum atomic E-state index is 12.8. The smallest absolute Gasteiger partial charge is 0.338 e. The van der Waals surface area contributed by atoms with Gasteiger partial charge in [0.1, 0.15) is 23.9 Å². The molecule has 1 aromatic heterocycles. The standard InChI is InChI=1S/C33H37ClO7/c1-18(35)39-28-27(20-6-11-26(36)38-17-20)32(3)15-13-24-25(33(32)29(28)41-33)10-7-21-16-23(12-14-31(21,24)2)40-30(37)19-4-8-22(34)9-5-19/h4-6,8-9,11,17,21,23-25,27-29H,7,10,12-16H2,1-3H3/t21-,23+,24+,25-,27+,28-,29-,31+,32-,33-/m1/s1. The summed E-state index contributed by atoms with van der Waals surface area (Å²) in [7, 11) is 0. The van der Waals surface area contributed by atoms with E-state index < -0.39 is 6.10 Å². The Kier molecular flexibility index (Phi) is 6.26. The van der Waals surface area contributed by atoms with E-state index in [2.05, 4.69) is 13.8 Å². The van der Waals surface area contributed by atoms with Crippen LogP contribution in [0.1, 0.15) is 87.6 Å². The van der Waals surface area contributed by atoms with Crippen molar-refractivity contribution < 1.29 is 28.2 Å². The van der Waals surface area contributed by atoms with E-state index in [9.17, 15) is 14.4 Å². The molecule has 2 aromatic rings. The van der Waals surface area contributed by atoms with Crippen molar-refractivity contribution in [3.8, 4) is 0 Å². The molecule has 8 heteroatoms. The van der Waals surface area contributed by atoms with Crippen molar-refractivity contribution in [2.45, 2.75) is 95.5 Å². The normalized spacial score (nSPS) is 42.2. The molecule has 2 heterocycles. The van der Waals surface area contributed by atoms with Crippen LogP contribution < -0.4 is 5.63 Å². The number of hydrogen-bond donors (Lipinski definition) is 0. The van der Waals surface area contributed by atoms with Gasteiger partial charge in [0.2, 0.25) is 0 Å². The molecule has 0 N–H and O–H groups in total. The molecule has 0 unspecified atom stereocenters. The first-order valence-electron chi connectivity index (χ1n) is 15.0. The summed E-state index contributed by atoms with van der Waals surface area (Å²) >= 11 is 5.99. The van der Waals surface area contributed by atoms with Gasteiger partial charge in [-0.1, -0.05) is 25.4 Å². The first kappa shape index (κ1) is 27.2. The van der Waals surface area contributed by atoms with Crippen molar-refractivity contribution in [2.24, 2.45) is 28.6 Å². The molecule has 7 rings (SSSR count). The van der Waals surface area contributed by atoms with Crippen LogP contribution in [0, 0.1) is 28.6 Å². The summed E-state index contributed by atoms with van der Waals surface area (Å²) in [6.45, 7) is 6.20. The molecule has 0 radical (unpaired) electrons. The Morgan fingerprint density at radius 1 is 0.951 bits per heavy atom. The highest BCUT2D eigenvalue weighted by Gasteiger charge is 2.84. The van der Waals surface area contributed by atoms with E-state index in [4.69, 9.17) is 30.2 Å². The molecule has 5 fully saturated rings. The molecule has 1 saturated heterocycles. The van der Waals surface area contributed by atoms with E-state index >= 15 is 0 Å². The number of rotatable bonds is 4. The molecule has 0 amide bonds. The third-order valence-corrected chi connectivity index (χ3v) is 12.1. The van der Waals surface area contributed by atoms with Gasteiger partial charge in [-0.3, -0.25) is 4.79 Å². The maximum absolute atomic E-state index is 12.8. The van der Waals surface area contributed by atoms with E-state index in [0.29, 0.717) is 28.3 Å². The quantitative estimate of drug-likeness (QED) is 0.308. The lowest BCUT2D eigenvalue weighted by Gasteiger charge is -2.61. The molecule has 5 aliphatic rings. The van der Waals surface area contributed by atoms with E-state index in [1.54, 1.807) is 30.5 Å². The topological polar surface area (TPSA) is 95.3 Å². The van der Waals surface area contributed by atoms with Gasteiger partial charge in [0.05, 0.1) is 11.8 Å². The van der Waals surface area contributed by atoms with Crippen LogP contribution in [0.25, 0.3) is 0 Å². The van der Waals surface area contributed by atoms with Gasteiger partial charge in [-0.15, -0.1) is 0 Å². The Bertz CT molecular complexity index is 1420. The molecule has 1 aliphatic heterocycles. The highest BCUT2D eigenvalue weighted by molar-refractivity contribution is 6.30. The molecule has 4 aliphatic carbocycles. The average Bonchev–Trinajstić information content (AvgIpc) is 3.64. The molecule has 218 valence electrons. The predicted octanol–water partition coefficient (Wildman–Crippen LogP) is 6.32. The summed E-state index contributed by atoms with van der Waals surface area (Å²) in [5, 5.41) is 0.597. The molecular weight excluding hydrogens is 544 g/mol. The van der Waals surface area contributed by atoms with Crippen molar-refractivity contribution in [2.75, 3.05) is 0 Å². The van der Waals surface area contributed by atoms with Crippen molar-refractivity contribution in [3.05, 3.63) is 69.2 Å². The van der Waals surface area contributed by atoms with E-state index in [0.717, 1.165) is 50.5 Å². The fourth-order valence-electron chi connectivity index (χ4n) is 9.99. The number of halogens is 1. The second kappa shape index (κ2) is 9.43. The zero-order valence-electron chi connectivity index (χ0n) is 23.8. The van der Waals surface area contributed by atoms with E-state index in [1.165, 1.54) is 13.0 Å². The number of ether oxygens (including phenoxy) is 3. The Morgan fingerprint density at radius 3 is 2.44 bits per heavy atom. The number of carbonyl (C=O) groups excluding carboxylic acids is 2.